The van der Waals surface area contributed by atoms with Gasteiger partial charge in [0.25, 0.3) is 11.5 Å². The Morgan fingerprint density at radius 3 is 2.39 bits per heavy atom. The summed E-state index contributed by atoms with van der Waals surface area (Å²) in [5.74, 6) is -4.11. The number of likely N-dealkylation sites (tertiary alicyclic amines) is 1. The Kier molecular flexibility index (Phi) is 8.51. The SMILES string of the molecule is CN1CCCCC1c1nc(C(=O)NCc2ccc(F)cc2)c(O)c(=O)[nH]1.O=C(O)C(F)(F)F. The van der Waals surface area contributed by atoms with Crippen molar-refractivity contribution in [2.24, 2.45) is 0 Å². The number of aromatic nitrogens is 2. The first-order chi connectivity index (χ1) is 15.4. The molecule has 13 heteroatoms. The standard InChI is InChI=1S/C18H21FN4O3.C2HF3O2/c1-23-9-3-2-4-13(23)16-21-14(15(24)18(26)22-16)17(25)20-10-11-5-7-12(19)8-6-11;3-2(4,5)1(6)7/h5-8,13,24H,2-4,9-10H2,1H3,(H,20,25)(H,21,22,26);(H,6,7). The highest BCUT2D eigenvalue weighted by Gasteiger charge is 2.38. The highest BCUT2D eigenvalue weighted by atomic mass is 19.4. The number of amides is 1. The highest BCUT2D eigenvalue weighted by molar-refractivity contribution is 5.94. The fraction of sp³-hybridized carbons (Fsp3) is 0.400. The zero-order valence-electron chi connectivity index (χ0n) is 17.4. The number of aromatic amines is 1. The lowest BCUT2D eigenvalue weighted by molar-refractivity contribution is -0.192. The van der Waals surface area contributed by atoms with Gasteiger partial charge < -0.3 is 20.5 Å². The van der Waals surface area contributed by atoms with E-state index in [1.54, 1.807) is 12.1 Å². The molecule has 1 aliphatic heterocycles. The average molecular weight is 474 g/mol. The van der Waals surface area contributed by atoms with Crippen molar-refractivity contribution < 1.29 is 37.4 Å². The lowest BCUT2D eigenvalue weighted by atomic mass is 10.0. The van der Waals surface area contributed by atoms with Crippen LogP contribution >= 0.6 is 0 Å². The summed E-state index contributed by atoms with van der Waals surface area (Å²) in [5, 5.41) is 19.7. The third-order valence-corrected chi connectivity index (χ3v) is 4.82. The van der Waals surface area contributed by atoms with E-state index in [0.717, 1.165) is 25.8 Å². The van der Waals surface area contributed by atoms with Crippen LogP contribution in [0.3, 0.4) is 0 Å². The Labute approximate surface area is 185 Å². The average Bonchev–Trinajstić information content (AvgIpc) is 2.75. The maximum absolute atomic E-state index is 12.9. The number of carboxylic acid groups (broad SMARTS) is 1. The second-order valence-electron chi connectivity index (χ2n) is 7.25. The van der Waals surface area contributed by atoms with Gasteiger partial charge in [0.2, 0.25) is 5.75 Å². The van der Waals surface area contributed by atoms with E-state index in [1.807, 2.05) is 7.05 Å². The lowest BCUT2D eigenvalue weighted by Gasteiger charge is -2.31. The number of rotatable bonds is 4. The zero-order valence-corrected chi connectivity index (χ0v) is 17.4. The minimum absolute atomic E-state index is 0.0966. The summed E-state index contributed by atoms with van der Waals surface area (Å²) < 4.78 is 44.7. The number of carbonyl (C=O) groups is 2. The molecule has 3 rings (SSSR count). The number of aliphatic carboxylic acids is 1. The number of alkyl halides is 3. The lowest BCUT2D eigenvalue weighted by Crippen LogP contribution is -2.34. The Morgan fingerprint density at radius 2 is 1.85 bits per heavy atom. The number of hydrogen-bond acceptors (Lipinski definition) is 6. The molecule has 1 aromatic carbocycles. The Balaban J connectivity index is 0.000000479. The number of hydrogen-bond donors (Lipinski definition) is 4. The summed E-state index contributed by atoms with van der Waals surface area (Å²) >= 11 is 0. The molecule has 0 bridgehead atoms. The van der Waals surface area contributed by atoms with E-state index in [9.17, 15) is 32.3 Å². The van der Waals surface area contributed by atoms with Gasteiger partial charge in [-0.3, -0.25) is 14.5 Å². The van der Waals surface area contributed by atoms with Crippen LogP contribution in [0.25, 0.3) is 0 Å². The van der Waals surface area contributed by atoms with Gasteiger partial charge in [-0.15, -0.1) is 0 Å². The number of H-pyrrole nitrogens is 1. The molecule has 1 aromatic heterocycles. The van der Waals surface area contributed by atoms with Gasteiger partial charge in [0.05, 0.1) is 6.04 Å². The summed E-state index contributed by atoms with van der Waals surface area (Å²) in [6.07, 6.45) is -2.19. The van der Waals surface area contributed by atoms with E-state index in [2.05, 4.69) is 20.2 Å². The molecule has 1 amide bonds. The number of aromatic hydroxyl groups is 1. The van der Waals surface area contributed by atoms with Crippen molar-refractivity contribution in [3.63, 3.8) is 0 Å². The van der Waals surface area contributed by atoms with E-state index in [0.29, 0.717) is 11.4 Å². The number of piperidine rings is 1. The van der Waals surface area contributed by atoms with Crippen LogP contribution in [0.4, 0.5) is 17.6 Å². The van der Waals surface area contributed by atoms with Gasteiger partial charge in [-0.25, -0.2) is 14.2 Å². The molecule has 1 unspecified atom stereocenters. The molecule has 0 radical (unpaired) electrons. The fourth-order valence-corrected chi connectivity index (χ4v) is 3.09. The monoisotopic (exact) mass is 474 g/mol. The van der Waals surface area contributed by atoms with Crippen LogP contribution in [-0.4, -0.2) is 56.7 Å². The van der Waals surface area contributed by atoms with Crippen molar-refractivity contribution in [3.05, 3.63) is 57.5 Å². The first-order valence-corrected chi connectivity index (χ1v) is 9.76. The molecular weight excluding hydrogens is 452 g/mol. The Hall–Kier alpha value is -3.48. The maximum Gasteiger partial charge on any atom is 0.490 e. The quantitative estimate of drug-likeness (QED) is 0.500. The smallest absolute Gasteiger partial charge is 0.490 e. The molecule has 9 nitrogen and oxygen atoms in total. The second-order valence-corrected chi connectivity index (χ2v) is 7.25. The van der Waals surface area contributed by atoms with Crippen LogP contribution in [0, 0.1) is 5.82 Å². The minimum Gasteiger partial charge on any atom is -0.501 e. The third kappa shape index (κ3) is 7.27. The summed E-state index contributed by atoms with van der Waals surface area (Å²) in [6, 6.07) is 5.58. The third-order valence-electron chi connectivity index (χ3n) is 4.82. The van der Waals surface area contributed by atoms with Gasteiger partial charge in [0, 0.05) is 6.54 Å². The van der Waals surface area contributed by atoms with Gasteiger partial charge in [-0.2, -0.15) is 13.2 Å². The topological polar surface area (TPSA) is 136 Å². The van der Waals surface area contributed by atoms with E-state index in [-0.39, 0.29) is 24.1 Å². The van der Waals surface area contributed by atoms with Crippen LogP contribution < -0.4 is 10.9 Å². The largest absolute Gasteiger partial charge is 0.501 e. The first-order valence-electron chi connectivity index (χ1n) is 9.76. The van der Waals surface area contributed by atoms with Crippen LogP contribution in [0.5, 0.6) is 5.75 Å². The molecule has 0 saturated carbocycles. The molecule has 1 aliphatic rings. The van der Waals surface area contributed by atoms with Crippen molar-refractivity contribution in [3.8, 4) is 5.75 Å². The molecule has 0 spiro atoms. The number of benzene rings is 1. The van der Waals surface area contributed by atoms with Crippen LogP contribution in [0.15, 0.2) is 29.1 Å². The van der Waals surface area contributed by atoms with Crippen molar-refractivity contribution >= 4 is 11.9 Å². The molecule has 0 aliphatic carbocycles. The molecule has 1 atom stereocenters. The van der Waals surface area contributed by atoms with Crippen LogP contribution in [-0.2, 0) is 11.3 Å². The summed E-state index contributed by atoms with van der Waals surface area (Å²) in [6.45, 7) is 1.01. The summed E-state index contributed by atoms with van der Waals surface area (Å²) in [7, 11) is 1.94. The molecule has 1 fully saturated rings. The van der Waals surface area contributed by atoms with E-state index < -0.39 is 29.4 Å². The number of nitrogens with one attached hydrogen (secondary N) is 2. The molecule has 33 heavy (non-hydrogen) atoms. The molecule has 1 saturated heterocycles. The van der Waals surface area contributed by atoms with Crippen LogP contribution in [0.2, 0.25) is 0 Å². The fourth-order valence-electron chi connectivity index (χ4n) is 3.09. The Bertz CT molecular complexity index is 1040. The normalized spacial score (nSPS) is 16.5. The minimum atomic E-state index is -5.08. The number of nitrogens with zero attached hydrogens (tertiary/aromatic N) is 2. The molecule has 2 aromatic rings. The predicted octanol–water partition coefficient (Wildman–Crippen LogP) is 2.33. The summed E-state index contributed by atoms with van der Waals surface area (Å²) in [4.78, 5) is 42.2. The van der Waals surface area contributed by atoms with Gasteiger partial charge in [0.15, 0.2) is 5.69 Å². The van der Waals surface area contributed by atoms with Crippen LogP contribution in [0.1, 0.15) is 47.2 Å². The van der Waals surface area contributed by atoms with Gasteiger partial charge in [-0.1, -0.05) is 18.6 Å². The van der Waals surface area contributed by atoms with Crippen molar-refractivity contribution in [2.75, 3.05) is 13.6 Å². The number of halogens is 4. The van der Waals surface area contributed by atoms with E-state index >= 15 is 0 Å². The maximum atomic E-state index is 12.9. The molecule has 4 N–H and O–H groups in total. The predicted molar refractivity (Wildman–Crippen MR) is 107 cm³/mol. The molecular formula is C20H22F4N4O5. The van der Waals surface area contributed by atoms with Crippen molar-refractivity contribution in [2.45, 2.75) is 38.0 Å². The molecule has 180 valence electrons. The van der Waals surface area contributed by atoms with Gasteiger partial charge in [-0.05, 0) is 44.1 Å². The second kappa shape index (κ2) is 10.9. The van der Waals surface area contributed by atoms with E-state index in [4.69, 9.17) is 9.90 Å². The highest BCUT2D eigenvalue weighted by Crippen LogP contribution is 2.27. The summed E-state index contributed by atoms with van der Waals surface area (Å²) in [5.41, 5.74) is -0.345. The Morgan fingerprint density at radius 1 is 1.24 bits per heavy atom. The van der Waals surface area contributed by atoms with Gasteiger partial charge >= 0.3 is 12.1 Å². The first kappa shape index (κ1) is 25.8. The van der Waals surface area contributed by atoms with E-state index in [1.165, 1.54) is 12.1 Å². The molecule has 2 heterocycles. The zero-order chi connectivity index (χ0) is 24.8. The van der Waals surface area contributed by atoms with Crippen molar-refractivity contribution in [1.82, 2.24) is 20.2 Å². The number of carbonyl (C=O) groups excluding carboxylic acids is 1. The van der Waals surface area contributed by atoms with Crippen molar-refractivity contribution in [1.29, 1.82) is 0 Å². The number of carboxylic acids is 1. The van der Waals surface area contributed by atoms with Gasteiger partial charge in [0.1, 0.15) is 11.6 Å².